The third kappa shape index (κ3) is 3.25. The molecule has 1 N–H and O–H groups in total. The van der Waals surface area contributed by atoms with Gasteiger partial charge < -0.3 is 10.0 Å². The Morgan fingerprint density at radius 3 is 2.58 bits per heavy atom. The third-order valence-corrected chi connectivity index (χ3v) is 5.00. The first-order valence-corrected chi connectivity index (χ1v) is 9.03. The van der Waals surface area contributed by atoms with E-state index in [1.54, 1.807) is 12.4 Å². The van der Waals surface area contributed by atoms with E-state index in [1.807, 2.05) is 30.3 Å². The van der Waals surface area contributed by atoms with E-state index in [0.29, 0.717) is 5.82 Å². The normalized spacial score (nSPS) is 16.8. The van der Waals surface area contributed by atoms with Crippen LogP contribution in [0.2, 0.25) is 0 Å². The number of hydrogen-bond donors (Lipinski definition) is 1. The van der Waals surface area contributed by atoms with Crippen LogP contribution >= 0.6 is 0 Å². The van der Waals surface area contributed by atoms with Gasteiger partial charge in [0.1, 0.15) is 5.82 Å². The predicted molar refractivity (Wildman–Crippen MR) is 103 cm³/mol. The first-order chi connectivity index (χ1) is 12.8. The minimum atomic E-state index is 0.196. The van der Waals surface area contributed by atoms with Crippen molar-refractivity contribution in [1.29, 1.82) is 0 Å². The van der Waals surface area contributed by atoms with Crippen LogP contribution in [0.5, 0.6) is 0 Å². The fourth-order valence-corrected chi connectivity index (χ4v) is 3.42. The molecule has 1 aliphatic rings. The molecule has 0 bridgehead atoms. The van der Waals surface area contributed by atoms with Crippen molar-refractivity contribution in [2.45, 2.75) is 13.0 Å². The van der Waals surface area contributed by atoms with E-state index >= 15 is 0 Å². The summed E-state index contributed by atoms with van der Waals surface area (Å²) in [5.74, 6) is 1.68. The van der Waals surface area contributed by atoms with Crippen LogP contribution in [0.3, 0.4) is 0 Å². The summed E-state index contributed by atoms with van der Waals surface area (Å²) < 4.78 is 0. The summed E-state index contributed by atoms with van der Waals surface area (Å²) in [7, 11) is 0. The Morgan fingerprint density at radius 2 is 1.85 bits per heavy atom. The molecule has 6 heteroatoms. The number of pyridine rings is 1. The van der Waals surface area contributed by atoms with Gasteiger partial charge in [0.2, 0.25) is 0 Å². The highest BCUT2D eigenvalue weighted by Gasteiger charge is 2.23. The van der Waals surface area contributed by atoms with Gasteiger partial charge in [-0.25, -0.2) is 9.97 Å². The van der Waals surface area contributed by atoms with E-state index in [4.69, 9.17) is 9.97 Å². The second-order valence-corrected chi connectivity index (χ2v) is 6.68. The molecule has 0 spiro atoms. The minimum Gasteiger partial charge on any atom is -0.395 e. The lowest BCUT2D eigenvalue weighted by molar-refractivity contribution is 0.128. The van der Waals surface area contributed by atoms with Gasteiger partial charge in [0.25, 0.3) is 0 Å². The van der Waals surface area contributed by atoms with Gasteiger partial charge in [-0.15, -0.1) is 0 Å². The zero-order valence-corrected chi connectivity index (χ0v) is 14.9. The average molecular weight is 349 g/mol. The molecule has 26 heavy (non-hydrogen) atoms. The summed E-state index contributed by atoms with van der Waals surface area (Å²) in [5.41, 5.74) is 1.87. The molecule has 0 aliphatic carbocycles. The van der Waals surface area contributed by atoms with Crippen molar-refractivity contribution in [3.8, 4) is 11.4 Å². The first-order valence-electron chi connectivity index (χ1n) is 9.03. The van der Waals surface area contributed by atoms with Crippen LogP contribution in [0.4, 0.5) is 5.82 Å². The minimum absolute atomic E-state index is 0.196. The van der Waals surface area contributed by atoms with Gasteiger partial charge >= 0.3 is 0 Å². The van der Waals surface area contributed by atoms with Gasteiger partial charge in [0.15, 0.2) is 5.82 Å². The lowest BCUT2D eigenvalue weighted by atomic mass is 10.1. The highest BCUT2D eigenvalue weighted by molar-refractivity contribution is 5.91. The summed E-state index contributed by atoms with van der Waals surface area (Å²) in [4.78, 5) is 18.5. The molecule has 0 saturated carbocycles. The van der Waals surface area contributed by atoms with Crippen molar-refractivity contribution in [2.24, 2.45) is 0 Å². The first kappa shape index (κ1) is 16.9. The molecule has 1 atom stereocenters. The van der Waals surface area contributed by atoms with Gasteiger partial charge in [-0.05, 0) is 31.2 Å². The van der Waals surface area contributed by atoms with Gasteiger partial charge in [0, 0.05) is 55.6 Å². The Labute approximate surface area is 153 Å². The summed E-state index contributed by atoms with van der Waals surface area (Å²) in [5, 5.41) is 10.5. The highest BCUT2D eigenvalue weighted by atomic mass is 16.3. The second kappa shape index (κ2) is 7.35. The molecular formula is C20H23N5O. The quantitative estimate of drug-likeness (QED) is 0.779. The molecule has 0 amide bonds. The second-order valence-electron chi connectivity index (χ2n) is 6.68. The number of rotatable bonds is 4. The summed E-state index contributed by atoms with van der Waals surface area (Å²) in [6.45, 7) is 5.87. The van der Waals surface area contributed by atoms with E-state index < -0.39 is 0 Å². The lowest BCUT2D eigenvalue weighted by Gasteiger charge is -2.38. The Bertz CT molecular complexity index is 878. The van der Waals surface area contributed by atoms with Crippen LogP contribution < -0.4 is 4.90 Å². The number of nitrogens with zero attached hydrogens (tertiary/aromatic N) is 5. The number of aliphatic hydroxyl groups is 1. The number of para-hydroxylation sites is 1. The molecule has 1 aliphatic heterocycles. The number of anilines is 1. The van der Waals surface area contributed by atoms with Crippen LogP contribution in [0, 0.1) is 0 Å². The zero-order chi connectivity index (χ0) is 17.9. The van der Waals surface area contributed by atoms with Gasteiger partial charge in [-0.2, -0.15) is 0 Å². The number of benzene rings is 1. The molecule has 4 rings (SSSR count). The van der Waals surface area contributed by atoms with E-state index in [9.17, 15) is 5.11 Å². The smallest absolute Gasteiger partial charge is 0.163 e. The van der Waals surface area contributed by atoms with Crippen LogP contribution in [0.1, 0.15) is 6.92 Å². The molecule has 2 aromatic heterocycles. The monoisotopic (exact) mass is 349 g/mol. The fraction of sp³-hybridized carbons (Fsp3) is 0.350. The molecule has 1 fully saturated rings. The van der Waals surface area contributed by atoms with Crippen LogP contribution in [0.15, 0.2) is 48.8 Å². The predicted octanol–water partition coefficient (Wildman–Crippen LogP) is 2.19. The fourth-order valence-electron chi connectivity index (χ4n) is 3.42. The van der Waals surface area contributed by atoms with Crippen molar-refractivity contribution in [3.63, 3.8) is 0 Å². The highest BCUT2D eigenvalue weighted by Crippen LogP contribution is 2.28. The number of hydrogen-bond acceptors (Lipinski definition) is 6. The number of piperazine rings is 1. The molecule has 3 aromatic rings. The van der Waals surface area contributed by atoms with Crippen LogP contribution in [0.25, 0.3) is 22.3 Å². The van der Waals surface area contributed by atoms with Crippen molar-refractivity contribution in [2.75, 3.05) is 37.7 Å². The van der Waals surface area contributed by atoms with Gasteiger partial charge in [0.05, 0.1) is 12.1 Å². The lowest BCUT2D eigenvalue weighted by Crippen LogP contribution is -2.50. The number of fused-ring (bicyclic) bond motifs is 1. The van der Waals surface area contributed by atoms with E-state index in [1.165, 1.54) is 0 Å². The average Bonchev–Trinajstić information content (AvgIpc) is 2.73. The van der Waals surface area contributed by atoms with E-state index in [0.717, 1.165) is 48.5 Å². The SMILES string of the molecule is C[C@H](CO)N1CCN(c2nc(-c3cccnc3)nc3ccccc23)CC1. The van der Waals surface area contributed by atoms with Crippen LogP contribution in [-0.2, 0) is 0 Å². The maximum Gasteiger partial charge on any atom is 0.163 e. The Kier molecular flexibility index (Phi) is 4.77. The molecule has 0 unspecified atom stereocenters. The Hall–Kier alpha value is -2.57. The van der Waals surface area contributed by atoms with Gasteiger partial charge in [-0.3, -0.25) is 9.88 Å². The number of aromatic nitrogens is 3. The molecule has 6 nitrogen and oxygen atoms in total. The van der Waals surface area contributed by atoms with Crippen LogP contribution in [-0.4, -0.2) is 63.8 Å². The standard InChI is InChI=1S/C20H23N5O/c1-15(14-26)24-9-11-25(12-10-24)20-17-6-2-3-7-18(17)22-19(23-20)16-5-4-8-21-13-16/h2-8,13,15,26H,9-12,14H2,1H3/t15-/m1/s1. The number of aliphatic hydroxyl groups excluding tert-OH is 1. The van der Waals surface area contributed by atoms with Crippen molar-refractivity contribution >= 4 is 16.7 Å². The molecule has 1 saturated heterocycles. The summed E-state index contributed by atoms with van der Waals surface area (Å²) in [6, 6.07) is 12.2. The van der Waals surface area contributed by atoms with Gasteiger partial charge in [-0.1, -0.05) is 12.1 Å². The van der Waals surface area contributed by atoms with E-state index in [2.05, 4.69) is 27.8 Å². The summed E-state index contributed by atoms with van der Waals surface area (Å²) in [6.07, 6.45) is 3.56. The topological polar surface area (TPSA) is 65.4 Å². The molecule has 134 valence electrons. The zero-order valence-electron chi connectivity index (χ0n) is 14.9. The van der Waals surface area contributed by atoms with E-state index in [-0.39, 0.29) is 12.6 Å². The summed E-state index contributed by atoms with van der Waals surface area (Å²) >= 11 is 0. The molecule has 1 aromatic carbocycles. The van der Waals surface area contributed by atoms with Crippen molar-refractivity contribution in [1.82, 2.24) is 19.9 Å². The maximum atomic E-state index is 9.39. The maximum absolute atomic E-state index is 9.39. The molecule has 0 radical (unpaired) electrons. The molecular weight excluding hydrogens is 326 g/mol. The Balaban J connectivity index is 1.70. The molecule has 3 heterocycles. The largest absolute Gasteiger partial charge is 0.395 e. The van der Waals surface area contributed by atoms with Crippen molar-refractivity contribution in [3.05, 3.63) is 48.8 Å². The Morgan fingerprint density at radius 1 is 1.04 bits per heavy atom. The van der Waals surface area contributed by atoms with Crippen molar-refractivity contribution < 1.29 is 5.11 Å². The third-order valence-electron chi connectivity index (χ3n) is 5.00.